The minimum atomic E-state index is -0.342. The van der Waals surface area contributed by atoms with Crippen LogP contribution in [0, 0.1) is 12.7 Å². The van der Waals surface area contributed by atoms with Crippen molar-refractivity contribution in [3.05, 3.63) is 65.6 Å². The van der Waals surface area contributed by atoms with E-state index in [1.807, 2.05) is 41.8 Å². The number of Topliss-reactive ketones (excluding diaryl/α,β-unsaturated/α-hetero) is 1. The quantitative estimate of drug-likeness (QED) is 0.353. The second kappa shape index (κ2) is 8.76. The minimum Gasteiger partial charge on any atom is -0.378 e. The maximum atomic E-state index is 14.0. The van der Waals surface area contributed by atoms with Gasteiger partial charge < -0.3 is 14.6 Å². The molecule has 2 aromatic heterocycles. The molecule has 0 bridgehead atoms. The van der Waals surface area contributed by atoms with E-state index in [1.165, 1.54) is 23.9 Å². The Bertz CT molecular complexity index is 1280. The summed E-state index contributed by atoms with van der Waals surface area (Å²) in [6, 6.07) is 14.1. The number of nitrogens with zero attached hydrogens (tertiary/aromatic N) is 4. The molecule has 3 heterocycles. The van der Waals surface area contributed by atoms with E-state index in [9.17, 15) is 9.18 Å². The summed E-state index contributed by atoms with van der Waals surface area (Å²) in [4.78, 5) is 18.5. The SMILES string of the molecule is Cc1[nH]c2ccccc2c1C(=O)CSc1nnc(N2CCOCC2)n1-c1cccc(F)c1. The first-order valence-corrected chi connectivity index (χ1v) is 11.4. The molecule has 1 aliphatic heterocycles. The largest absolute Gasteiger partial charge is 0.378 e. The van der Waals surface area contributed by atoms with Crippen LogP contribution in [0.5, 0.6) is 0 Å². The Morgan fingerprint density at radius 2 is 1.97 bits per heavy atom. The summed E-state index contributed by atoms with van der Waals surface area (Å²) in [5, 5.41) is 10.2. The molecule has 9 heteroatoms. The van der Waals surface area contributed by atoms with E-state index in [0.717, 1.165) is 16.6 Å². The third-order valence-electron chi connectivity index (χ3n) is 5.48. The molecule has 1 saturated heterocycles. The molecular formula is C23H22FN5O2S. The normalized spacial score (nSPS) is 14.2. The van der Waals surface area contributed by atoms with Crippen LogP contribution in [0.3, 0.4) is 0 Å². The van der Waals surface area contributed by atoms with Gasteiger partial charge >= 0.3 is 0 Å². The van der Waals surface area contributed by atoms with E-state index in [2.05, 4.69) is 20.1 Å². The Kier molecular flexibility index (Phi) is 5.67. The maximum absolute atomic E-state index is 14.0. The summed E-state index contributed by atoms with van der Waals surface area (Å²) in [6.07, 6.45) is 0. The van der Waals surface area contributed by atoms with Gasteiger partial charge in [0.15, 0.2) is 10.9 Å². The molecular weight excluding hydrogens is 429 g/mol. The zero-order chi connectivity index (χ0) is 22.1. The van der Waals surface area contributed by atoms with Crippen LogP contribution in [-0.2, 0) is 4.74 Å². The van der Waals surface area contributed by atoms with Crippen molar-refractivity contribution in [3.8, 4) is 5.69 Å². The van der Waals surface area contributed by atoms with E-state index in [1.54, 1.807) is 6.07 Å². The highest BCUT2D eigenvalue weighted by Gasteiger charge is 2.23. The molecule has 2 aromatic carbocycles. The van der Waals surface area contributed by atoms with Crippen LogP contribution >= 0.6 is 11.8 Å². The summed E-state index contributed by atoms with van der Waals surface area (Å²) in [5.41, 5.74) is 3.10. The van der Waals surface area contributed by atoms with Gasteiger partial charge in [-0.25, -0.2) is 4.39 Å². The van der Waals surface area contributed by atoms with E-state index in [4.69, 9.17) is 4.74 Å². The van der Waals surface area contributed by atoms with Crippen LogP contribution in [0.25, 0.3) is 16.6 Å². The number of carbonyl (C=O) groups excluding carboxylic acids is 1. The number of benzene rings is 2. The van der Waals surface area contributed by atoms with E-state index < -0.39 is 0 Å². The van der Waals surface area contributed by atoms with E-state index in [0.29, 0.717) is 48.7 Å². The van der Waals surface area contributed by atoms with Crippen molar-refractivity contribution >= 4 is 34.4 Å². The Morgan fingerprint density at radius 3 is 2.78 bits per heavy atom. The molecule has 5 rings (SSSR count). The average molecular weight is 452 g/mol. The fraction of sp³-hybridized carbons (Fsp3) is 0.261. The van der Waals surface area contributed by atoms with Crippen LogP contribution in [0.4, 0.5) is 10.3 Å². The molecule has 0 atom stereocenters. The monoisotopic (exact) mass is 451 g/mol. The number of fused-ring (bicyclic) bond motifs is 1. The second-order valence-electron chi connectivity index (χ2n) is 7.58. The number of aromatic amines is 1. The van der Waals surface area contributed by atoms with Gasteiger partial charge in [0.2, 0.25) is 5.95 Å². The average Bonchev–Trinajstić information content (AvgIpc) is 3.38. The molecule has 0 saturated carbocycles. The van der Waals surface area contributed by atoms with Crippen molar-refractivity contribution in [2.45, 2.75) is 12.1 Å². The Balaban J connectivity index is 1.46. The lowest BCUT2D eigenvalue weighted by Crippen LogP contribution is -2.37. The third kappa shape index (κ3) is 3.89. The molecule has 0 amide bonds. The molecule has 32 heavy (non-hydrogen) atoms. The highest BCUT2D eigenvalue weighted by molar-refractivity contribution is 7.99. The van der Waals surface area contributed by atoms with Crippen LogP contribution < -0.4 is 4.90 Å². The van der Waals surface area contributed by atoms with Gasteiger partial charge in [0.25, 0.3) is 0 Å². The fourth-order valence-electron chi connectivity index (χ4n) is 4.00. The number of ether oxygens (including phenoxy) is 1. The molecule has 164 valence electrons. The smallest absolute Gasteiger partial charge is 0.232 e. The molecule has 0 aliphatic carbocycles. The molecule has 0 radical (unpaired) electrons. The number of H-pyrrole nitrogens is 1. The molecule has 0 spiro atoms. The lowest BCUT2D eigenvalue weighted by Gasteiger charge is -2.27. The number of nitrogens with one attached hydrogen (secondary N) is 1. The lowest BCUT2D eigenvalue weighted by molar-refractivity contribution is 0.102. The van der Waals surface area contributed by atoms with Crippen LogP contribution in [-0.4, -0.2) is 57.6 Å². The number of morpholine rings is 1. The van der Waals surface area contributed by atoms with Gasteiger partial charge in [-0.2, -0.15) is 0 Å². The third-order valence-corrected chi connectivity index (χ3v) is 6.41. The predicted octanol–water partition coefficient (Wildman–Crippen LogP) is 4.01. The number of halogens is 1. The summed E-state index contributed by atoms with van der Waals surface area (Å²) in [6.45, 7) is 4.44. The van der Waals surface area contributed by atoms with Crippen molar-refractivity contribution in [1.82, 2.24) is 19.7 Å². The topological polar surface area (TPSA) is 76.0 Å². The van der Waals surface area contributed by atoms with Gasteiger partial charge in [-0.3, -0.25) is 9.36 Å². The molecule has 4 aromatic rings. The standard InChI is InChI=1S/C23H22FN5O2S/c1-15-21(18-7-2-3-8-19(18)25-15)20(30)14-32-23-27-26-22(28-9-11-31-12-10-28)29(23)17-6-4-5-16(24)13-17/h2-8,13,25H,9-12,14H2,1H3. The van der Waals surface area contributed by atoms with E-state index in [-0.39, 0.29) is 17.4 Å². The minimum absolute atomic E-state index is 0.00617. The van der Waals surface area contributed by atoms with Gasteiger partial charge in [0.05, 0.1) is 24.7 Å². The van der Waals surface area contributed by atoms with Crippen LogP contribution in [0.1, 0.15) is 16.1 Å². The predicted molar refractivity (Wildman–Crippen MR) is 122 cm³/mol. The summed E-state index contributed by atoms with van der Waals surface area (Å²) < 4.78 is 21.3. The summed E-state index contributed by atoms with van der Waals surface area (Å²) >= 11 is 1.30. The number of ketones is 1. The lowest BCUT2D eigenvalue weighted by atomic mass is 10.1. The van der Waals surface area contributed by atoms with Gasteiger partial charge in [-0.1, -0.05) is 36.0 Å². The summed E-state index contributed by atoms with van der Waals surface area (Å²) in [5.74, 6) is 0.480. The van der Waals surface area contributed by atoms with Gasteiger partial charge in [-0.15, -0.1) is 10.2 Å². The van der Waals surface area contributed by atoms with Crippen molar-refractivity contribution in [2.75, 3.05) is 37.0 Å². The zero-order valence-electron chi connectivity index (χ0n) is 17.5. The van der Waals surface area contributed by atoms with Crippen molar-refractivity contribution < 1.29 is 13.9 Å². The molecule has 1 aliphatic rings. The number of anilines is 1. The highest BCUT2D eigenvalue weighted by Crippen LogP contribution is 2.29. The fourth-order valence-corrected chi connectivity index (χ4v) is 4.82. The number of para-hydroxylation sites is 1. The number of hydrogen-bond acceptors (Lipinski definition) is 6. The Labute approximate surface area is 188 Å². The molecule has 7 nitrogen and oxygen atoms in total. The van der Waals surface area contributed by atoms with Crippen LogP contribution in [0.15, 0.2) is 53.7 Å². The first-order valence-electron chi connectivity index (χ1n) is 10.4. The zero-order valence-corrected chi connectivity index (χ0v) is 18.4. The first-order chi connectivity index (χ1) is 15.6. The maximum Gasteiger partial charge on any atom is 0.232 e. The van der Waals surface area contributed by atoms with E-state index >= 15 is 0 Å². The number of thioether (sulfide) groups is 1. The Hall–Kier alpha value is -3.17. The number of aromatic nitrogens is 4. The number of hydrogen-bond donors (Lipinski definition) is 1. The van der Waals surface area contributed by atoms with Crippen molar-refractivity contribution in [3.63, 3.8) is 0 Å². The number of rotatable bonds is 6. The Morgan fingerprint density at radius 1 is 1.16 bits per heavy atom. The first kappa shape index (κ1) is 20.7. The molecule has 1 fully saturated rings. The molecule has 0 unspecified atom stereocenters. The van der Waals surface area contributed by atoms with Gasteiger partial charge in [0, 0.05) is 35.2 Å². The molecule has 1 N–H and O–H groups in total. The van der Waals surface area contributed by atoms with Crippen LogP contribution in [0.2, 0.25) is 0 Å². The van der Waals surface area contributed by atoms with Crippen molar-refractivity contribution in [2.24, 2.45) is 0 Å². The number of aryl methyl sites for hydroxylation is 1. The van der Waals surface area contributed by atoms with Gasteiger partial charge in [-0.05, 0) is 31.2 Å². The highest BCUT2D eigenvalue weighted by atomic mass is 32.2. The summed E-state index contributed by atoms with van der Waals surface area (Å²) in [7, 11) is 0. The van der Waals surface area contributed by atoms with Gasteiger partial charge in [0.1, 0.15) is 5.82 Å². The van der Waals surface area contributed by atoms with Crippen molar-refractivity contribution in [1.29, 1.82) is 0 Å². The number of carbonyl (C=O) groups is 1. The second-order valence-corrected chi connectivity index (χ2v) is 8.52.